The molecule has 0 radical (unpaired) electrons. The first-order chi connectivity index (χ1) is 18.0. The van der Waals surface area contributed by atoms with Crippen LogP contribution in [0.4, 0.5) is 0 Å². The third-order valence-electron chi connectivity index (χ3n) is 9.66. The number of hydrogen-bond donors (Lipinski definition) is 3. The molecule has 0 amide bonds. The Kier molecular flexibility index (Phi) is 5.78. The number of aliphatic hydroxyl groups excluding tert-OH is 1. The highest BCUT2D eigenvalue weighted by molar-refractivity contribution is 5.53. The van der Waals surface area contributed by atoms with E-state index < -0.39 is 11.4 Å². The van der Waals surface area contributed by atoms with Crippen LogP contribution in [0.1, 0.15) is 61.6 Å². The van der Waals surface area contributed by atoms with Crippen molar-refractivity contribution in [2.24, 2.45) is 17.3 Å². The van der Waals surface area contributed by atoms with Crippen LogP contribution < -0.4 is 11.4 Å². The Morgan fingerprint density at radius 3 is 2.50 bits per heavy atom. The standard InChI is InChI=1S/C30H38N4O4/c1-30-14-13-21-22(24(30)11-12-27(30)36)10-7-19-15-26(35)25(16-23(19)21)33-29(38)32(28(37)31-33)20-8-5-18(6-9-20)17-34(2,3)4/h5-6,8-9,15-16,21-22,24,27,36H,7,10-14,17H2,1-4H3,(H-,31,35,37)/p+1/t21?,22?,24?,27?,30-/m0/s1. The quantitative estimate of drug-likeness (QED) is 0.460. The number of aliphatic hydroxyl groups is 1. The lowest BCUT2D eigenvalue weighted by molar-refractivity contribution is -0.884. The third kappa shape index (κ3) is 3.96. The number of nitrogens with one attached hydrogen (secondary N) is 1. The van der Waals surface area contributed by atoms with Crippen molar-refractivity contribution in [3.63, 3.8) is 0 Å². The number of nitrogens with zero attached hydrogens (tertiary/aromatic N) is 3. The number of aromatic amines is 1. The molecule has 38 heavy (non-hydrogen) atoms. The maximum Gasteiger partial charge on any atom is 0.356 e. The van der Waals surface area contributed by atoms with Crippen molar-refractivity contribution >= 4 is 0 Å². The minimum Gasteiger partial charge on any atom is -0.506 e. The van der Waals surface area contributed by atoms with Gasteiger partial charge in [0.25, 0.3) is 0 Å². The van der Waals surface area contributed by atoms with E-state index in [4.69, 9.17) is 0 Å². The Labute approximate surface area is 222 Å². The number of aryl methyl sites for hydroxylation is 1. The van der Waals surface area contributed by atoms with Gasteiger partial charge in [-0.05, 0) is 97.1 Å². The number of aromatic hydroxyl groups is 1. The summed E-state index contributed by atoms with van der Waals surface area (Å²) in [6.07, 6.45) is 5.60. The van der Waals surface area contributed by atoms with Crippen LogP contribution in [0, 0.1) is 17.3 Å². The number of rotatable bonds is 4. The van der Waals surface area contributed by atoms with Crippen LogP contribution in [0.5, 0.6) is 5.75 Å². The summed E-state index contributed by atoms with van der Waals surface area (Å²) in [5.74, 6) is 1.30. The largest absolute Gasteiger partial charge is 0.506 e. The Morgan fingerprint density at radius 2 is 1.79 bits per heavy atom. The number of aromatic nitrogens is 3. The first-order valence-electron chi connectivity index (χ1n) is 13.8. The molecule has 0 spiro atoms. The maximum atomic E-state index is 13.5. The summed E-state index contributed by atoms with van der Waals surface area (Å²) in [6.45, 7) is 3.09. The van der Waals surface area contributed by atoms with Crippen molar-refractivity contribution in [2.75, 3.05) is 21.1 Å². The molecule has 3 aromatic rings. The Hall–Kier alpha value is -3.10. The highest BCUT2D eigenvalue weighted by atomic mass is 16.3. The molecule has 6 rings (SSSR count). The van der Waals surface area contributed by atoms with Gasteiger partial charge in [-0.15, -0.1) is 0 Å². The van der Waals surface area contributed by atoms with E-state index in [2.05, 4.69) is 33.2 Å². The fourth-order valence-corrected chi connectivity index (χ4v) is 7.82. The molecule has 5 atom stereocenters. The molecule has 2 saturated carbocycles. The molecule has 2 aromatic carbocycles. The topological polar surface area (TPSA) is 100 Å². The molecule has 3 aliphatic carbocycles. The molecular formula is C30H39N4O4+. The first-order valence-corrected chi connectivity index (χ1v) is 13.8. The van der Waals surface area contributed by atoms with E-state index in [1.165, 1.54) is 10.2 Å². The second kappa shape index (κ2) is 8.71. The van der Waals surface area contributed by atoms with Gasteiger partial charge in [-0.3, -0.25) is 0 Å². The van der Waals surface area contributed by atoms with Crippen molar-refractivity contribution in [3.05, 3.63) is 74.1 Å². The van der Waals surface area contributed by atoms with E-state index in [1.54, 1.807) is 18.2 Å². The summed E-state index contributed by atoms with van der Waals surface area (Å²) in [6, 6.07) is 11.2. The second-order valence-corrected chi connectivity index (χ2v) is 13.1. The van der Waals surface area contributed by atoms with E-state index in [0.29, 0.717) is 29.1 Å². The molecule has 3 N–H and O–H groups in total. The summed E-state index contributed by atoms with van der Waals surface area (Å²) >= 11 is 0. The predicted molar refractivity (Wildman–Crippen MR) is 146 cm³/mol. The molecule has 0 saturated heterocycles. The summed E-state index contributed by atoms with van der Waals surface area (Å²) in [5, 5.41) is 24.3. The van der Waals surface area contributed by atoms with Gasteiger partial charge in [0.2, 0.25) is 0 Å². The molecule has 1 heterocycles. The van der Waals surface area contributed by atoms with E-state index in [-0.39, 0.29) is 17.3 Å². The average Bonchev–Trinajstić information content (AvgIpc) is 3.32. The molecule has 3 aliphatic rings. The van der Waals surface area contributed by atoms with E-state index >= 15 is 0 Å². The Bertz CT molecular complexity index is 1490. The normalized spacial score (nSPS) is 28.6. The maximum absolute atomic E-state index is 13.5. The van der Waals surface area contributed by atoms with Crippen molar-refractivity contribution in [1.29, 1.82) is 0 Å². The lowest BCUT2D eigenvalue weighted by atomic mass is 9.55. The fourth-order valence-electron chi connectivity index (χ4n) is 7.82. The van der Waals surface area contributed by atoms with E-state index in [1.807, 2.05) is 18.2 Å². The molecule has 2 fully saturated rings. The van der Waals surface area contributed by atoms with Crippen molar-refractivity contribution < 1.29 is 14.7 Å². The molecule has 8 nitrogen and oxygen atoms in total. The third-order valence-corrected chi connectivity index (χ3v) is 9.66. The monoisotopic (exact) mass is 519 g/mol. The van der Waals surface area contributed by atoms with Gasteiger partial charge in [0.05, 0.1) is 32.9 Å². The van der Waals surface area contributed by atoms with Crippen LogP contribution in [-0.4, -0.2) is 56.3 Å². The summed E-state index contributed by atoms with van der Waals surface area (Å²) in [5.41, 5.74) is 3.12. The van der Waals surface area contributed by atoms with E-state index in [9.17, 15) is 19.8 Å². The number of fused-ring (bicyclic) bond motifs is 5. The lowest BCUT2D eigenvalue weighted by Gasteiger charge is -2.50. The summed E-state index contributed by atoms with van der Waals surface area (Å²) in [7, 11) is 6.33. The van der Waals surface area contributed by atoms with Crippen LogP contribution in [0.2, 0.25) is 0 Å². The van der Waals surface area contributed by atoms with Crippen LogP contribution in [-0.2, 0) is 13.0 Å². The second-order valence-electron chi connectivity index (χ2n) is 13.1. The number of H-pyrrole nitrogens is 1. The Morgan fingerprint density at radius 1 is 1.05 bits per heavy atom. The fraction of sp³-hybridized carbons (Fsp3) is 0.533. The number of phenolic OH excluding ortho intramolecular Hbond substituents is 1. The van der Waals surface area contributed by atoms with Crippen molar-refractivity contribution in [2.45, 2.75) is 64.0 Å². The Balaban J connectivity index is 1.36. The zero-order chi connectivity index (χ0) is 27.0. The number of hydrogen-bond acceptors (Lipinski definition) is 4. The lowest BCUT2D eigenvalue weighted by Crippen LogP contribution is -2.44. The molecule has 202 valence electrons. The van der Waals surface area contributed by atoms with Crippen molar-refractivity contribution in [1.82, 2.24) is 14.3 Å². The van der Waals surface area contributed by atoms with Crippen LogP contribution in [0.15, 0.2) is 46.0 Å². The SMILES string of the molecule is C[C@]12CCC3c4cc(-n5[nH]c(=O)n(-c6ccc(C[N+](C)(C)C)cc6)c5=O)c(O)cc4CCC3C1CCC2O. The van der Waals surface area contributed by atoms with Gasteiger partial charge in [0.1, 0.15) is 18.0 Å². The van der Waals surface area contributed by atoms with Gasteiger partial charge >= 0.3 is 11.4 Å². The summed E-state index contributed by atoms with van der Waals surface area (Å²) in [4.78, 5) is 26.4. The molecule has 1 aromatic heterocycles. The molecule has 0 aliphatic heterocycles. The number of benzene rings is 2. The van der Waals surface area contributed by atoms with Crippen molar-refractivity contribution in [3.8, 4) is 17.1 Å². The first kappa shape index (κ1) is 25.2. The average molecular weight is 520 g/mol. The number of quaternary nitrogens is 1. The smallest absolute Gasteiger partial charge is 0.356 e. The van der Waals surface area contributed by atoms with Gasteiger partial charge < -0.3 is 14.7 Å². The molecular weight excluding hydrogens is 480 g/mol. The van der Waals surface area contributed by atoms with Crippen LogP contribution in [0.3, 0.4) is 0 Å². The number of phenols is 1. The van der Waals surface area contributed by atoms with Gasteiger partial charge in [0.15, 0.2) is 0 Å². The minimum absolute atomic E-state index is 0.00655. The molecule has 4 unspecified atom stereocenters. The zero-order valence-corrected chi connectivity index (χ0v) is 22.8. The van der Waals surface area contributed by atoms with Gasteiger partial charge in [-0.2, -0.15) is 4.68 Å². The minimum atomic E-state index is -0.544. The zero-order valence-electron chi connectivity index (χ0n) is 22.8. The van der Waals surface area contributed by atoms with E-state index in [0.717, 1.165) is 65.2 Å². The van der Waals surface area contributed by atoms with Gasteiger partial charge in [-0.1, -0.05) is 19.1 Å². The molecule has 0 bridgehead atoms. The highest BCUT2D eigenvalue weighted by Gasteiger charge is 2.54. The van der Waals surface area contributed by atoms with Crippen LogP contribution >= 0.6 is 0 Å². The summed E-state index contributed by atoms with van der Waals surface area (Å²) < 4.78 is 3.06. The highest BCUT2D eigenvalue weighted by Crippen LogP contribution is 2.61. The van der Waals surface area contributed by atoms with Gasteiger partial charge in [-0.25, -0.2) is 19.3 Å². The van der Waals surface area contributed by atoms with Gasteiger partial charge in [0, 0.05) is 5.56 Å². The predicted octanol–water partition coefficient (Wildman–Crippen LogP) is 3.45. The molecule has 8 heteroatoms. The van der Waals surface area contributed by atoms with Crippen LogP contribution in [0.25, 0.3) is 11.4 Å².